The first-order chi connectivity index (χ1) is 10.3. The Labute approximate surface area is 126 Å². The van der Waals surface area contributed by atoms with E-state index in [1.165, 1.54) is 0 Å². The van der Waals surface area contributed by atoms with Crippen LogP contribution in [0.2, 0.25) is 0 Å². The molecule has 21 heavy (non-hydrogen) atoms. The number of hydrogen-bond donors (Lipinski definition) is 1. The monoisotopic (exact) mass is 298 g/mol. The van der Waals surface area contributed by atoms with E-state index >= 15 is 0 Å². The van der Waals surface area contributed by atoms with Crippen molar-refractivity contribution in [3.63, 3.8) is 0 Å². The molecule has 3 rings (SSSR count). The summed E-state index contributed by atoms with van der Waals surface area (Å²) in [5, 5.41) is 17.1. The fourth-order valence-electron chi connectivity index (χ4n) is 1.85. The number of aromatic nitrogens is 2. The first-order valence-corrected chi connectivity index (χ1v) is 7.54. The summed E-state index contributed by atoms with van der Waals surface area (Å²) in [7, 11) is 0. The predicted octanol–water partition coefficient (Wildman–Crippen LogP) is 3.52. The molecule has 1 heterocycles. The maximum Gasteiger partial charge on any atom is 0.247 e. The van der Waals surface area contributed by atoms with Gasteiger partial charge in [0.25, 0.3) is 0 Å². The van der Waals surface area contributed by atoms with E-state index in [2.05, 4.69) is 10.2 Å². The van der Waals surface area contributed by atoms with E-state index in [1.807, 2.05) is 54.6 Å². The molecular formula is C16H14N2O2S. The average molecular weight is 298 g/mol. The highest BCUT2D eigenvalue weighted by molar-refractivity contribution is 7.98. The zero-order chi connectivity index (χ0) is 14.5. The molecule has 106 valence electrons. The van der Waals surface area contributed by atoms with Crippen LogP contribution in [0, 0.1) is 0 Å². The Bertz CT molecular complexity index is 696. The Balaban J connectivity index is 1.64. The van der Waals surface area contributed by atoms with E-state index in [1.54, 1.807) is 11.8 Å². The minimum atomic E-state index is 0.0645. The van der Waals surface area contributed by atoms with Crippen LogP contribution in [0.3, 0.4) is 0 Å². The van der Waals surface area contributed by atoms with Crippen LogP contribution in [0.5, 0.6) is 0 Å². The Morgan fingerprint density at radius 1 is 0.952 bits per heavy atom. The SMILES string of the molecule is OCc1ccc(SCc2nnc(-c3ccccc3)o2)cc1. The maximum absolute atomic E-state index is 9.01. The first kappa shape index (κ1) is 13.9. The molecular weight excluding hydrogens is 284 g/mol. The molecule has 0 saturated heterocycles. The smallest absolute Gasteiger partial charge is 0.247 e. The van der Waals surface area contributed by atoms with Gasteiger partial charge in [0.2, 0.25) is 11.8 Å². The summed E-state index contributed by atoms with van der Waals surface area (Å²) < 4.78 is 5.65. The fourth-order valence-corrected chi connectivity index (χ4v) is 2.58. The number of aliphatic hydroxyl groups is 1. The van der Waals surface area contributed by atoms with Gasteiger partial charge in [0.05, 0.1) is 12.4 Å². The van der Waals surface area contributed by atoms with E-state index in [9.17, 15) is 0 Å². The third kappa shape index (κ3) is 3.51. The van der Waals surface area contributed by atoms with Gasteiger partial charge in [-0.15, -0.1) is 22.0 Å². The van der Waals surface area contributed by atoms with Crippen LogP contribution in [0.15, 0.2) is 63.9 Å². The highest BCUT2D eigenvalue weighted by atomic mass is 32.2. The van der Waals surface area contributed by atoms with Crippen LogP contribution < -0.4 is 0 Å². The molecule has 0 spiro atoms. The molecule has 0 aliphatic heterocycles. The molecule has 0 bridgehead atoms. The lowest BCUT2D eigenvalue weighted by Gasteiger charge is -2.00. The van der Waals surface area contributed by atoms with Crippen LogP contribution in [-0.2, 0) is 12.4 Å². The van der Waals surface area contributed by atoms with E-state index in [0.717, 1.165) is 16.0 Å². The van der Waals surface area contributed by atoms with Gasteiger partial charge in [0.1, 0.15) is 0 Å². The molecule has 2 aromatic carbocycles. The maximum atomic E-state index is 9.01. The van der Waals surface area contributed by atoms with Crippen LogP contribution in [0.1, 0.15) is 11.5 Å². The van der Waals surface area contributed by atoms with Crippen molar-refractivity contribution in [3.05, 3.63) is 66.1 Å². The second kappa shape index (κ2) is 6.56. The number of aliphatic hydroxyl groups excluding tert-OH is 1. The van der Waals surface area contributed by atoms with Crippen molar-refractivity contribution in [1.29, 1.82) is 0 Å². The van der Waals surface area contributed by atoms with Gasteiger partial charge in [0.15, 0.2) is 0 Å². The molecule has 5 heteroatoms. The third-order valence-electron chi connectivity index (χ3n) is 2.96. The summed E-state index contributed by atoms with van der Waals surface area (Å²) in [5.41, 5.74) is 1.83. The molecule has 0 atom stereocenters. The summed E-state index contributed by atoms with van der Waals surface area (Å²) in [4.78, 5) is 1.10. The van der Waals surface area contributed by atoms with Gasteiger partial charge >= 0.3 is 0 Å². The zero-order valence-corrected chi connectivity index (χ0v) is 12.1. The van der Waals surface area contributed by atoms with Crippen LogP contribution in [-0.4, -0.2) is 15.3 Å². The van der Waals surface area contributed by atoms with Gasteiger partial charge in [-0.25, -0.2) is 0 Å². The Morgan fingerprint density at radius 3 is 2.43 bits per heavy atom. The second-order valence-electron chi connectivity index (χ2n) is 4.46. The lowest BCUT2D eigenvalue weighted by atomic mass is 10.2. The van der Waals surface area contributed by atoms with Crippen molar-refractivity contribution >= 4 is 11.8 Å². The molecule has 0 aliphatic rings. The first-order valence-electron chi connectivity index (χ1n) is 6.55. The van der Waals surface area contributed by atoms with Crippen LogP contribution in [0.4, 0.5) is 0 Å². The number of benzene rings is 2. The lowest BCUT2D eigenvalue weighted by Crippen LogP contribution is -1.83. The normalized spacial score (nSPS) is 10.7. The van der Waals surface area contributed by atoms with E-state index in [-0.39, 0.29) is 6.61 Å². The van der Waals surface area contributed by atoms with Gasteiger partial charge in [-0.3, -0.25) is 0 Å². The molecule has 0 radical (unpaired) electrons. The molecule has 3 aromatic rings. The molecule has 0 unspecified atom stereocenters. The molecule has 0 fully saturated rings. The second-order valence-corrected chi connectivity index (χ2v) is 5.51. The van der Waals surface area contributed by atoms with Crippen molar-refractivity contribution in [2.45, 2.75) is 17.3 Å². The van der Waals surface area contributed by atoms with Crippen LogP contribution >= 0.6 is 11.8 Å². The van der Waals surface area contributed by atoms with E-state index in [0.29, 0.717) is 17.5 Å². The molecule has 0 aliphatic carbocycles. The predicted molar refractivity (Wildman–Crippen MR) is 81.7 cm³/mol. The summed E-state index contributed by atoms with van der Waals surface area (Å²) in [6.45, 7) is 0.0645. The Morgan fingerprint density at radius 2 is 1.71 bits per heavy atom. The molecule has 1 N–H and O–H groups in total. The summed E-state index contributed by atoms with van der Waals surface area (Å²) in [6.07, 6.45) is 0. The summed E-state index contributed by atoms with van der Waals surface area (Å²) >= 11 is 1.62. The van der Waals surface area contributed by atoms with Crippen molar-refractivity contribution in [2.24, 2.45) is 0 Å². The van der Waals surface area contributed by atoms with Crippen molar-refractivity contribution in [3.8, 4) is 11.5 Å². The van der Waals surface area contributed by atoms with Gasteiger partial charge < -0.3 is 9.52 Å². The molecule has 4 nitrogen and oxygen atoms in total. The van der Waals surface area contributed by atoms with Gasteiger partial charge in [-0.2, -0.15) is 0 Å². The lowest BCUT2D eigenvalue weighted by molar-refractivity contribution is 0.282. The van der Waals surface area contributed by atoms with E-state index in [4.69, 9.17) is 9.52 Å². The Kier molecular flexibility index (Phi) is 4.33. The highest BCUT2D eigenvalue weighted by Gasteiger charge is 2.08. The average Bonchev–Trinajstić information content (AvgIpc) is 3.03. The van der Waals surface area contributed by atoms with Crippen molar-refractivity contribution in [2.75, 3.05) is 0 Å². The molecule has 1 aromatic heterocycles. The standard InChI is InChI=1S/C16H14N2O2S/c19-10-12-6-8-14(9-7-12)21-11-15-17-18-16(20-15)13-4-2-1-3-5-13/h1-9,19H,10-11H2. The summed E-state index contributed by atoms with van der Waals surface area (Å²) in [6, 6.07) is 17.5. The minimum absolute atomic E-state index is 0.0645. The molecule has 0 saturated carbocycles. The number of hydrogen-bond acceptors (Lipinski definition) is 5. The van der Waals surface area contributed by atoms with Crippen LogP contribution in [0.25, 0.3) is 11.5 Å². The van der Waals surface area contributed by atoms with Gasteiger partial charge in [-0.05, 0) is 29.8 Å². The number of thioether (sulfide) groups is 1. The van der Waals surface area contributed by atoms with Gasteiger partial charge in [-0.1, -0.05) is 30.3 Å². The number of nitrogens with zero attached hydrogens (tertiary/aromatic N) is 2. The summed E-state index contributed by atoms with van der Waals surface area (Å²) in [5.74, 6) is 1.77. The van der Waals surface area contributed by atoms with E-state index < -0.39 is 0 Å². The zero-order valence-electron chi connectivity index (χ0n) is 11.3. The quantitative estimate of drug-likeness (QED) is 0.730. The third-order valence-corrected chi connectivity index (χ3v) is 3.95. The Hall–Kier alpha value is -2.11. The van der Waals surface area contributed by atoms with Crippen molar-refractivity contribution in [1.82, 2.24) is 10.2 Å². The fraction of sp³-hybridized carbons (Fsp3) is 0.125. The molecule has 0 amide bonds. The van der Waals surface area contributed by atoms with Crippen molar-refractivity contribution < 1.29 is 9.52 Å². The number of rotatable bonds is 5. The topological polar surface area (TPSA) is 59.2 Å². The largest absolute Gasteiger partial charge is 0.420 e. The van der Waals surface area contributed by atoms with Gasteiger partial charge in [0, 0.05) is 10.5 Å². The highest BCUT2D eigenvalue weighted by Crippen LogP contribution is 2.24. The minimum Gasteiger partial charge on any atom is -0.420 e.